The molecule has 4 heterocycles. The fourth-order valence-electron chi connectivity index (χ4n) is 2.97. The number of nitrogens with zero attached hydrogens (tertiary/aromatic N) is 6. The zero-order valence-electron chi connectivity index (χ0n) is 13.7. The standard InChI is InChI=1S/C16H17N7OS/c1-10-18-13(9-25-10)15-22-21-14-5-4-11(6-8-23(14)15)19-16(24)12-3-2-7-17-20-12/h2-3,7,9,11H,4-6,8H2,1H3,(H,19,24). The maximum atomic E-state index is 12.3. The van der Waals surface area contributed by atoms with Crippen molar-refractivity contribution in [2.24, 2.45) is 0 Å². The molecule has 3 aromatic heterocycles. The van der Waals surface area contributed by atoms with Crippen LogP contribution in [-0.4, -0.2) is 41.9 Å². The minimum absolute atomic E-state index is 0.0706. The molecule has 0 saturated heterocycles. The average Bonchev–Trinajstić information content (AvgIpc) is 3.18. The Balaban J connectivity index is 1.47. The molecule has 128 valence electrons. The van der Waals surface area contributed by atoms with Crippen LogP contribution >= 0.6 is 11.3 Å². The van der Waals surface area contributed by atoms with Crippen molar-refractivity contribution in [2.45, 2.75) is 38.8 Å². The monoisotopic (exact) mass is 355 g/mol. The number of fused-ring (bicyclic) bond motifs is 1. The van der Waals surface area contributed by atoms with Crippen LogP contribution in [-0.2, 0) is 13.0 Å². The summed E-state index contributed by atoms with van der Waals surface area (Å²) >= 11 is 1.60. The van der Waals surface area contributed by atoms with Gasteiger partial charge in [0.05, 0.1) is 5.01 Å². The summed E-state index contributed by atoms with van der Waals surface area (Å²) in [6.45, 7) is 2.73. The predicted octanol–water partition coefficient (Wildman–Crippen LogP) is 1.63. The van der Waals surface area contributed by atoms with Gasteiger partial charge >= 0.3 is 0 Å². The molecule has 25 heavy (non-hydrogen) atoms. The highest BCUT2D eigenvalue weighted by atomic mass is 32.1. The van der Waals surface area contributed by atoms with Crippen LogP contribution in [0.25, 0.3) is 11.5 Å². The summed E-state index contributed by atoms with van der Waals surface area (Å²) in [6.07, 6.45) is 3.95. The number of hydrogen-bond donors (Lipinski definition) is 1. The van der Waals surface area contributed by atoms with E-state index in [1.54, 1.807) is 29.7 Å². The number of aryl methyl sites for hydroxylation is 2. The van der Waals surface area contributed by atoms with Crippen LogP contribution in [0.15, 0.2) is 23.7 Å². The normalized spacial score (nSPS) is 16.9. The molecule has 8 nitrogen and oxygen atoms in total. The molecule has 3 aromatic rings. The molecule has 0 bridgehead atoms. The molecular weight excluding hydrogens is 338 g/mol. The van der Waals surface area contributed by atoms with E-state index in [1.165, 1.54) is 0 Å². The number of hydrogen-bond acceptors (Lipinski definition) is 7. The van der Waals surface area contributed by atoms with Crippen molar-refractivity contribution in [3.05, 3.63) is 40.2 Å². The van der Waals surface area contributed by atoms with E-state index in [0.29, 0.717) is 5.69 Å². The van der Waals surface area contributed by atoms with Gasteiger partial charge in [-0.2, -0.15) is 5.10 Å². The van der Waals surface area contributed by atoms with E-state index in [0.717, 1.165) is 48.2 Å². The summed E-state index contributed by atoms with van der Waals surface area (Å²) in [4.78, 5) is 16.8. The highest BCUT2D eigenvalue weighted by Crippen LogP contribution is 2.24. The fourth-order valence-corrected chi connectivity index (χ4v) is 3.56. The van der Waals surface area contributed by atoms with Crippen molar-refractivity contribution < 1.29 is 4.79 Å². The molecule has 1 N–H and O–H groups in total. The van der Waals surface area contributed by atoms with Gasteiger partial charge in [-0.15, -0.1) is 26.6 Å². The number of carbonyl (C=O) groups excluding carboxylic acids is 1. The number of rotatable bonds is 3. The van der Waals surface area contributed by atoms with Gasteiger partial charge in [0.15, 0.2) is 11.5 Å². The summed E-state index contributed by atoms with van der Waals surface area (Å²) in [7, 11) is 0. The van der Waals surface area contributed by atoms with E-state index in [9.17, 15) is 4.79 Å². The third kappa shape index (κ3) is 3.27. The Morgan fingerprint density at radius 1 is 1.32 bits per heavy atom. The molecule has 0 saturated carbocycles. The Hall–Kier alpha value is -2.68. The minimum Gasteiger partial charge on any atom is -0.348 e. The zero-order valence-corrected chi connectivity index (χ0v) is 14.5. The highest BCUT2D eigenvalue weighted by Gasteiger charge is 2.23. The smallest absolute Gasteiger partial charge is 0.272 e. The SMILES string of the molecule is Cc1nc(-c2nnc3n2CCC(NC(=O)c2cccnn2)CC3)cs1. The summed E-state index contributed by atoms with van der Waals surface area (Å²) in [5.74, 6) is 1.56. The Morgan fingerprint density at radius 3 is 3.00 bits per heavy atom. The second-order valence-electron chi connectivity index (χ2n) is 5.95. The number of aromatic nitrogens is 6. The van der Waals surface area contributed by atoms with Crippen molar-refractivity contribution in [3.63, 3.8) is 0 Å². The van der Waals surface area contributed by atoms with Crippen LogP contribution in [0.2, 0.25) is 0 Å². The van der Waals surface area contributed by atoms with Gasteiger partial charge in [0.25, 0.3) is 5.91 Å². The fraction of sp³-hybridized carbons (Fsp3) is 0.375. The lowest BCUT2D eigenvalue weighted by atomic mass is 10.1. The van der Waals surface area contributed by atoms with Gasteiger partial charge in [-0.25, -0.2) is 4.98 Å². The predicted molar refractivity (Wildman–Crippen MR) is 92.1 cm³/mol. The molecule has 4 rings (SSSR count). The van der Waals surface area contributed by atoms with E-state index in [2.05, 4.69) is 35.3 Å². The lowest BCUT2D eigenvalue weighted by Crippen LogP contribution is -2.35. The van der Waals surface area contributed by atoms with Crippen molar-refractivity contribution in [1.82, 2.24) is 35.3 Å². The van der Waals surface area contributed by atoms with E-state index in [4.69, 9.17) is 0 Å². The van der Waals surface area contributed by atoms with Crippen molar-refractivity contribution in [1.29, 1.82) is 0 Å². The lowest BCUT2D eigenvalue weighted by molar-refractivity contribution is 0.0927. The maximum absolute atomic E-state index is 12.3. The van der Waals surface area contributed by atoms with Crippen LogP contribution in [0.5, 0.6) is 0 Å². The summed E-state index contributed by atoms with van der Waals surface area (Å²) in [5, 5.41) is 22.3. The van der Waals surface area contributed by atoms with Gasteiger partial charge in [0.2, 0.25) is 0 Å². The molecule has 1 aliphatic heterocycles. The topological polar surface area (TPSA) is 98.5 Å². The lowest BCUT2D eigenvalue weighted by Gasteiger charge is -2.15. The second-order valence-corrected chi connectivity index (χ2v) is 7.01. The molecule has 9 heteroatoms. The largest absolute Gasteiger partial charge is 0.348 e. The third-order valence-corrected chi connectivity index (χ3v) is 5.01. The number of nitrogens with one attached hydrogen (secondary N) is 1. The molecular formula is C16H17N7OS. The quantitative estimate of drug-likeness (QED) is 0.767. The van der Waals surface area contributed by atoms with Gasteiger partial charge in [-0.1, -0.05) is 0 Å². The first kappa shape index (κ1) is 15.8. The molecule has 1 unspecified atom stereocenters. The number of thiazole rings is 1. The summed E-state index contributed by atoms with van der Waals surface area (Å²) in [5.41, 5.74) is 1.20. The van der Waals surface area contributed by atoms with Gasteiger partial charge in [-0.05, 0) is 31.9 Å². The Morgan fingerprint density at radius 2 is 2.24 bits per heavy atom. The van der Waals surface area contributed by atoms with Crippen molar-refractivity contribution >= 4 is 17.2 Å². The van der Waals surface area contributed by atoms with Crippen LogP contribution in [0.4, 0.5) is 0 Å². The molecule has 1 atom stereocenters. The van der Waals surface area contributed by atoms with Crippen molar-refractivity contribution in [3.8, 4) is 11.5 Å². The zero-order chi connectivity index (χ0) is 17.2. The van der Waals surface area contributed by atoms with Crippen LogP contribution < -0.4 is 5.32 Å². The first-order valence-electron chi connectivity index (χ1n) is 8.14. The molecule has 0 fully saturated rings. The van der Waals surface area contributed by atoms with Crippen LogP contribution in [0.3, 0.4) is 0 Å². The Bertz CT molecular complexity index is 889. The van der Waals surface area contributed by atoms with Crippen LogP contribution in [0.1, 0.15) is 34.2 Å². The molecule has 0 aromatic carbocycles. The van der Waals surface area contributed by atoms with E-state index in [-0.39, 0.29) is 11.9 Å². The highest BCUT2D eigenvalue weighted by molar-refractivity contribution is 7.09. The number of amides is 1. The number of carbonyl (C=O) groups is 1. The van der Waals surface area contributed by atoms with Gasteiger partial charge in [-0.3, -0.25) is 4.79 Å². The maximum Gasteiger partial charge on any atom is 0.272 e. The van der Waals surface area contributed by atoms with E-state index < -0.39 is 0 Å². The van der Waals surface area contributed by atoms with E-state index in [1.807, 2.05) is 12.3 Å². The first-order chi connectivity index (χ1) is 12.2. The van der Waals surface area contributed by atoms with Gasteiger partial charge in [0.1, 0.15) is 11.5 Å². The van der Waals surface area contributed by atoms with Crippen LogP contribution in [0, 0.1) is 6.92 Å². The third-order valence-electron chi connectivity index (χ3n) is 4.23. The minimum atomic E-state index is -0.189. The molecule has 0 radical (unpaired) electrons. The Kier molecular flexibility index (Phi) is 4.22. The molecule has 1 amide bonds. The van der Waals surface area contributed by atoms with E-state index >= 15 is 0 Å². The Labute approximate surface area is 148 Å². The van der Waals surface area contributed by atoms with Gasteiger partial charge < -0.3 is 9.88 Å². The molecule has 0 aliphatic carbocycles. The molecule has 1 aliphatic rings. The van der Waals surface area contributed by atoms with Crippen molar-refractivity contribution in [2.75, 3.05) is 0 Å². The average molecular weight is 355 g/mol. The first-order valence-corrected chi connectivity index (χ1v) is 9.02. The van der Waals surface area contributed by atoms with Gasteiger partial charge in [0, 0.05) is 30.6 Å². The summed E-state index contributed by atoms with van der Waals surface area (Å²) in [6, 6.07) is 3.44. The second kappa shape index (κ2) is 6.67. The summed E-state index contributed by atoms with van der Waals surface area (Å²) < 4.78 is 2.11. The molecule has 0 spiro atoms.